The molecule has 0 aliphatic heterocycles. The van der Waals surface area contributed by atoms with E-state index in [9.17, 15) is 14.4 Å². The van der Waals surface area contributed by atoms with E-state index in [2.05, 4.69) is 12.2 Å². The molecule has 0 saturated heterocycles. The lowest BCUT2D eigenvalue weighted by molar-refractivity contribution is -0.139. The van der Waals surface area contributed by atoms with Crippen LogP contribution in [-0.4, -0.2) is 24.3 Å². The number of carbonyl (C=O) groups is 3. The van der Waals surface area contributed by atoms with Gasteiger partial charge in [-0.15, -0.1) is 0 Å². The van der Waals surface area contributed by atoms with Crippen molar-refractivity contribution in [2.24, 2.45) is 0 Å². The fraction of sp³-hybridized carbons (Fsp3) is 0.227. The Kier molecular flexibility index (Phi) is 7.49. The summed E-state index contributed by atoms with van der Waals surface area (Å²) in [6.07, 6.45) is 3.49. The van der Waals surface area contributed by atoms with E-state index in [0.717, 1.165) is 24.0 Å². The summed E-state index contributed by atoms with van der Waals surface area (Å²) in [6, 6.07) is 16.3. The van der Waals surface area contributed by atoms with Crippen molar-refractivity contribution in [3.63, 3.8) is 0 Å². The Balaban J connectivity index is 2.03. The zero-order chi connectivity index (χ0) is 19.6. The van der Waals surface area contributed by atoms with Gasteiger partial charge in [0.15, 0.2) is 12.4 Å². The molecule has 0 heterocycles. The number of esters is 1. The summed E-state index contributed by atoms with van der Waals surface area (Å²) < 4.78 is 5.10. The van der Waals surface area contributed by atoms with Gasteiger partial charge < -0.3 is 10.1 Å². The van der Waals surface area contributed by atoms with E-state index in [-0.39, 0.29) is 11.5 Å². The van der Waals surface area contributed by atoms with Crippen LogP contribution in [0.15, 0.2) is 60.3 Å². The fourth-order valence-corrected chi connectivity index (χ4v) is 2.49. The van der Waals surface area contributed by atoms with Crippen LogP contribution in [0.5, 0.6) is 0 Å². The topological polar surface area (TPSA) is 72.5 Å². The van der Waals surface area contributed by atoms with Crippen molar-refractivity contribution in [2.45, 2.75) is 26.7 Å². The van der Waals surface area contributed by atoms with Gasteiger partial charge in [-0.25, -0.2) is 4.79 Å². The van der Waals surface area contributed by atoms with Gasteiger partial charge in [-0.2, -0.15) is 0 Å². The molecular formula is C22H23NO4. The maximum Gasteiger partial charge on any atom is 0.355 e. The van der Waals surface area contributed by atoms with Gasteiger partial charge >= 0.3 is 5.97 Å². The van der Waals surface area contributed by atoms with Crippen molar-refractivity contribution in [3.05, 3.63) is 77.0 Å². The zero-order valence-electron chi connectivity index (χ0n) is 15.5. The Labute approximate surface area is 159 Å². The van der Waals surface area contributed by atoms with Crippen LogP contribution in [0.2, 0.25) is 0 Å². The molecule has 1 amide bonds. The van der Waals surface area contributed by atoms with Crippen LogP contribution in [0, 0.1) is 0 Å². The van der Waals surface area contributed by atoms with Crippen molar-refractivity contribution >= 4 is 23.7 Å². The Morgan fingerprint density at radius 2 is 1.67 bits per heavy atom. The molecule has 0 saturated carbocycles. The smallest absolute Gasteiger partial charge is 0.355 e. The van der Waals surface area contributed by atoms with Crippen molar-refractivity contribution in [2.75, 3.05) is 6.61 Å². The predicted octanol–water partition coefficient (Wildman–Crippen LogP) is 3.54. The molecule has 0 aliphatic rings. The summed E-state index contributed by atoms with van der Waals surface area (Å²) in [6.45, 7) is 3.00. The lowest BCUT2D eigenvalue weighted by atomic mass is 10.1. The monoisotopic (exact) mass is 365 g/mol. The quantitative estimate of drug-likeness (QED) is 0.441. The Bertz CT molecular complexity index is 823. The molecule has 0 aromatic heterocycles. The molecule has 27 heavy (non-hydrogen) atoms. The fourth-order valence-electron chi connectivity index (χ4n) is 2.49. The summed E-state index contributed by atoms with van der Waals surface area (Å²) in [5.41, 5.74) is 2.36. The number of hydrogen-bond donors (Lipinski definition) is 1. The number of aryl methyl sites for hydroxylation is 1. The number of benzene rings is 2. The number of Topliss-reactive ketones (excluding diaryl/α,β-unsaturated/α-hetero) is 1. The minimum Gasteiger partial charge on any atom is -0.453 e. The standard InChI is InChI=1S/C22H23NO4/c1-3-7-17-10-12-19(13-11-17)21(25)15-27-22(26)20(23-16(2)24)14-18-8-5-4-6-9-18/h4-6,8-14H,3,7,15H2,1-2H3,(H,23,24)/b20-14-. The molecular weight excluding hydrogens is 342 g/mol. The SMILES string of the molecule is CCCc1ccc(C(=O)COC(=O)/C(=C/c2ccccc2)NC(C)=O)cc1. The van der Waals surface area contributed by atoms with E-state index >= 15 is 0 Å². The summed E-state index contributed by atoms with van der Waals surface area (Å²) in [7, 11) is 0. The molecule has 2 aromatic rings. The van der Waals surface area contributed by atoms with E-state index in [1.807, 2.05) is 30.3 Å². The molecule has 0 radical (unpaired) electrons. The largest absolute Gasteiger partial charge is 0.453 e. The number of hydrogen-bond acceptors (Lipinski definition) is 4. The average molecular weight is 365 g/mol. The molecule has 0 spiro atoms. The van der Waals surface area contributed by atoms with Gasteiger partial charge in [0.2, 0.25) is 5.91 Å². The Morgan fingerprint density at radius 3 is 2.26 bits per heavy atom. The number of carbonyl (C=O) groups excluding carboxylic acids is 3. The lowest BCUT2D eigenvalue weighted by Gasteiger charge is -2.09. The zero-order valence-corrected chi connectivity index (χ0v) is 15.5. The highest BCUT2D eigenvalue weighted by Gasteiger charge is 2.15. The first kappa shape index (κ1) is 20.1. The highest BCUT2D eigenvalue weighted by molar-refractivity contribution is 6.01. The third-order valence-corrected chi connectivity index (χ3v) is 3.79. The Morgan fingerprint density at radius 1 is 1.00 bits per heavy atom. The van der Waals surface area contributed by atoms with Gasteiger partial charge in [-0.1, -0.05) is 67.9 Å². The second kappa shape index (κ2) is 10.1. The highest BCUT2D eigenvalue weighted by Crippen LogP contribution is 2.09. The van der Waals surface area contributed by atoms with Crippen LogP contribution < -0.4 is 5.32 Å². The molecule has 2 aromatic carbocycles. The molecule has 140 valence electrons. The van der Waals surface area contributed by atoms with Crippen molar-refractivity contribution in [3.8, 4) is 0 Å². The molecule has 0 unspecified atom stereocenters. The van der Waals surface area contributed by atoms with Crippen LogP contribution in [0.25, 0.3) is 6.08 Å². The van der Waals surface area contributed by atoms with Crippen LogP contribution in [0.3, 0.4) is 0 Å². The second-order valence-electron chi connectivity index (χ2n) is 6.10. The van der Waals surface area contributed by atoms with Gasteiger partial charge in [0.25, 0.3) is 0 Å². The lowest BCUT2D eigenvalue weighted by Crippen LogP contribution is -2.27. The van der Waals surface area contributed by atoms with Gasteiger partial charge in [0.05, 0.1) is 0 Å². The first-order valence-corrected chi connectivity index (χ1v) is 8.83. The van der Waals surface area contributed by atoms with E-state index in [4.69, 9.17) is 4.74 Å². The molecule has 2 rings (SSSR count). The summed E-state index contributed by atoms with van der Waals surface area (Å²) in [4.78, 5) is 35.9. The maximum absolute atomic E-state index is 12.3. The number of rotatable bonds is 8. The molecule has 5 nitrogen and oxygen atoms in total. The van der Waals surface area contributed by atoms with Crippen molar-refractivity contribution < 1.29 is 19.1 Å². The maximum atomic E-state index is 12.3. The van der Waals surface area contributed by atoms with Crippen LogP contribution in [-0.2, 0) is 20.7 Å². The number of ketones is 1. The molecule has 1 N–H and O–H groups in total. The second-order valence-corrected chi connectivity index (χ2v) is 6.10. The third kappa shape index (κ3) is 6.55. The van der Waals surface area contributed by atoms with Crippen molar-refractivity contribution in [1.29, 1.82) is 0 Å². The summed E-state index contributed by atoms with van der Waals surface area (Å²) >= 11 is 0. The van der Waals surface area contributed by atoms with Gasteiger partial charge in [0, 0.05) is 12.5 Å². The van der Waals surface area contributed by atoms with Gasteiger partial charge in [-0.3, -0.25) is 9.59 Å². The van der Waals surface area contributed by atoms with E-state index in [1.165, 1.54) is 13.0 Å². The normalized spacial score (nSPS) is 11.0. The van der Waals surface area contributed by atoms with E-state index < -0.39 is 18.5 Å². The van der Waals surface area contributed by atoms with Crippen LogP contribution in [0.4, 0.5) is 0 Å². The molecule has 0 atom stereocenters. The minimum atomic E-state index is -0.759. The molecule has 0 aliphatic carbocycles. The first-order valence-electron chi connectivity index (χ1n) is 8.83. The van der Waals surface area contributed by atoms with E-state index in [0.29, 0.717) is 5.56 Å². The van der Waals surface area contributed by atoms with Crippen molar-refractivity contribution in [1.82, 2.24) is 5.32 Å². The summed E-state index contributed by atoms with van der Waals surface area (Å²) in [5.74, 6) is -1.45. The predicted molar refractivity (Wildman–Crippen MR) is 104 cm³/mol. The number of amides is 1. The number of nitrogens with one attached hydrogen (secondary N) is 1. The van der Waals surface area contributed by atoms with Crippen LogP contribution >= 0.6 is 0 Å². The number of ether oxygens (including phenoxy) is 1. The molecule has 0 bridgehead atoms. The van der Waals surface area contributed by atoms with Gasteiger partial charge in [0.1, 0.15) is 5.70 Å². The minimum absolute atomic E-state index is 0.0141. The highest BCUT2D eigenvalue weighted by atomic mass is 16.5. The average Bonchev–Trinajstić information content (AvgIpc) is 2.66. The first-order chi connectivity index (χ1) is 13.0. The van der Waals surface area contributed by atoms with Gasteiger partial charge in [-0.05, 0) is 23.6 Å². The van der Waals surface area contributed by atoms with E-state index in [1.54, 1.807) is 24.3 Å². The summed E-state index contributed by atoms with van der Waals surface area (Å²) in [5, 5.41) is 2.45. The Hall–Kier alpha value is -3.21. The van der Waals surface area contributed by atoms with Crippen LogP contribution in [0.1, 0.15) is 41.8 Å². The molecule has 0 fully saturated rings. The third-order valence-electron chi connectivity index (χ3n) is 3.79. The molecule has 5 heteroatoms.